The Morgan fingerprint density at radius 3 is 2.00 bits per heavy atom. The Balaban J connectivity index is 2.32. The van der Waals surface area contributed by atoms with Gasteiger partial charge in [0, 0.05) is 16.9 Å². The molecule has 2 aromatic carbocycles. The number of carbonyl (C=O) groups excluding carboxylic acids is 1. The number of benzene rings is 2. The highest BCUT2D eigenvalue weighted by Gasteiger charge is 2.11. The molecule has 3 N–H and O–H groups in total. The molecule has 3 nitrogen and oxygen atoms in total. The number of aryl methyl sites for hydroxylation is 4. The highest BCUT2D eigenvalue weighted by Crippen LogP contribution is 2.23. The Kier molecular flexibility index (Phi) is 3.79. The molecule has 1 amide bonds. The number of nitrogens with two attached hydrogens (primary N) is 1. The van der Waals surface area contributed by atoms with Gasteiger partial charge in [-0.25, -0.2) is 0 Å². The number of amides is 1. The molecule has 104 valence electrons. The Hall–Kier alpha value is -2.29. The molecule has 2 rings (SSSR count). The number of hydrogen-bond donors (Lipinski definition) is 2. The summed E-state index contributed by atoms with van der Waals surface area (Å²) in [6.45, 7) is 7.98. The zero-order valence-electron chi connectivity index (χ0n) is 12.4. The predicted molar refractivity (Wildman–Crippen MR) is 84.2 cm³/mol. The second kappa shape index (κ2) is 5.37. The normalized spacial score (nSPS) is 10.4. The molecule has 0 aliphatic heterocycles. The summed E-state index contributed by atoms with van der Waals surface area (Å²) in [4.78, 5) is 12.3. The molecule has 0 bridgehead atoms. The molecule has 0 fully saturated rings. The van der Waals surface area contributed by atoms with Gasteiger partial charge in [0.15, 0.2) is 0 Å². The highest BCUT2D eigenvalue weighted by atomic mass is 16.1. The van der Waals surface area contributed by atoms with Crippen molar-refractivity contribution in [1.29, 1.82) is 0 Å². The Morgan fingerprint density at radius 1 is 0.900 bits per heavy atom. The van der Waals surface area contributed by atoms with Crippen molar-refractivity contribution in [2.45, 2.75) is 27.7 Å². The van der Waals surface area contributed by atoms with Crippen LogP contribution in [-0.4, -0.2) is 5.91 Å². The van der Waals surface area contributed by atoms with Crippen LogP contribution in [0.5, 0.6) is 0 Å². The Bertz CT molecular complexity index is 631. The summed E-state index contributed by atoms with van der Waals surface area (Å²) in [6.07, 6.45) is 0. The van der Waals surface area contributed by atoms with Crippen LogP contribution in [0.4, 0.5) is 11.4 Å². The van der Waals surface area contributed by atoms with E-state index in [0.29, 0.717) is 11.3 Å². The number of carbonyl (C=O) groups is 1. The zero-order valence-corrected chi connectivity index (χ0v) is 12.4. The van der Waals surface area contributed by atoms with E-state index in [0.717, 1.165) is 22.4 Å². The summed E-state index contributed by atoms with van der Waals surface area (Å²) < 4.78 is 0. The van der Waals surface area contributed by atoms with E-state index >= 15 is 0 Å². The van der Waals surface area contributed by atoms with Crippen LogP contribution in [0.3, 0.4) is 0 Å². The van der Waals surface area contributed by atoms with Crippen molar-refractivity contribution < 1.29 is 4.79 Å². The average molecular weight is 268 g/mol. The van der Waals surface area contributed by atoms with Crippen molar-refractivity contribution in [1.82, 2.24) is 0 Å². The molecule has 0 radical (unpaired) electrons. The SMILES string of the molecule is Cc1cc(N)cc(C(=O)Nc2c(C)cc(C)cc2C)c1. The van der Waals surface area contributed by atoms with E-state index in [1.807, 2.05) is 39.8 Å². The first-order chi connectivity index (χ1) is 9.36. The summed E-state index contributed by atoms with van der Waals surface area (Å²) in [5, 5.41) is 2.98. The van der Waals surface area contributed by atoms with Gasteiger partial charge < -0.3 is 11.1 Å². The predicted octanol–water partition coefficient (Wildman–Crippen LogP) is 3.75. The lowest BCUT2D eigenvalue weighted by atomic mass is 10.0. The summed E-state index contributed by atoms with van der Waals surface area (Å²) >= 11 is 0. The van der Waals surface area contributed by atoms with Crippen LogP contribution in [0.25, 0.3) is 0 Å². The largest absolute Gasteiger partial charge is 0.399 e. The van der Waals surface area contributed by atoms with Crippen LogP contribution >= 0.6 is 0 Å². The molecule has 20 heavy (non-hydrogen) atoms. The van der Waals surface area contributed by atoms with Crippen molar-refractivity contribution in [3.8, 4) is 0 Å². The van der Waals surface area contributed by atoms with Crippen LogP contribution in [0.15, 0.2) is 30.3 Å². The fourth-order valence-electron chi connectivity index (χ4n) is 2.51. The number of anilines is 2. The van der Waals surface area contributed by atoms with Crippen molar-refractivity contribution in [2.24, 2.45) is 0 Å². The fraction of sp³-hybridized carbons (Fsp3) is 0.235. The maximum Gasteiger partial charge on any atom is 0.255 e. The van der Waals surface area contributed by atoms with Crippen molar-refractivity contribution >= 4 is 17.3 Å². The molecule has 0 unspecified atom stereocenters. The van der Waals surface area contributed by atoms with E-state index in [4.69, 9.17) is 5.73 Å². The first kappa shape index (κ1) is 14.1. The van der Waals surface area contributed by atoms with E-state index in [1.54, 1.807) is 6.07 Å². The van der Waals surface area contributed by atoms with Crippen LogP contribution in [-0.2, 0) is 0 Å². The van der Waals surface area contributed by atoms with Gasteiger partial charge in [0.25, 0.3) is 5.91 Å². The minimum Gasteiger partial charge on any atom is -0.399 e. The van der Waals surface area contributed by atoms with Crippen molar-refractivity contribution in [3.05, 3.63) is 58.1 Å². The molecular formula is C17H20N2O. The van der Waals surface area contributed by atoms with Gasteiger partial charge in [-0.1, -0.05) is 17.7 Å². The number of nitrogens with one attached hydrogen (secondary N) is 1. The number of rotatable bonds is 2. The van der Waals surface area contributed by atoms with Gasteiger partial charge in [-0.05, 0) is 62.6 Å². The van der Waals surface area contributed by atoms with Crippen LogP contribution < -0.4 is 11.1 Å². The molecule has 0 heterocycles. The van der Waals surface area contributed by atoms with Crippen molar-refractivity contribution in [2.75, 3.05) is 11.1 Å². The second-order valence-electron chi connectivity index (χ2n) is 5.36. The maximum absolute atomic E-state index is 12.3. The lowest BCUT2D eigenvalue weighted by Gasteiger charge is -2.13. The summed E-state index contributed by atoms with van der Waals surface area (Å²) in [7, 11) is 0. The summed E-state index contributed by atoms with van der Waals surface area (Å²) in [6, 6.07) is 9.51. The Morgan fingerprint density at radius 2 is 1.45 bits per heavy atom. The minimum absolute atomic E-state index is 0.129. The molecule has 0 aliphatic carbocycles. The van der Waals surface area contributed by atoms with E-state index < -0.39 is 0 Å². The average Bonchev–Trinajstić information content (AvgIpc) is 2.32. The van der Waals surface area contributed by atoms with Gasteiger partial charge in [0.2, 0.25) is 0 Å². The van der Waals surface area contributed by atoms with Gasteiger partial charge in [-0.15, -0.1) is 0 Å². The number of hydrogen-bond acceptors (Lipinski definition) is 2. The molecule has 0 saturated heterocycles. The molecular weight excluding hydrogens is 248 g/mol. The summed E-state index contributed by atoms with van der Waals surface area (Å²) in [5.41, 5.74) is 12.2. The van der Waals surface area contributed by atoms with Crippen LogP contribution in [0.1, 0.15) is 32.6 Å². The van der Waals surface area contributed by atoms with E-state index in [9.17, 15) is 4.79 Å². The third-order valence-corrected chi connectivity index (χ3v) is 3.28. The molecule has 3 heteroatoms. The van der Waals surface area contributed by atoms with Crippen LogP contribution in [0.2, 0.25) is 0 Å². The quantitative estimate of drug-likeness (QED) is 0.815. The van der Waals surface area contributed by atoms with Gasteiger partial charge >= 0.3 is 0 Å². The lowest BCUT2D eigenvalue weighted by Crippen LogP contribution is -2.14. The summed E-state index contributed by atoms with van der Waals surface area (Å²) in [5.74, 6) is -0.129. The van der Waals surface area contributed by atoms with E-state index in [1.165, 1.54) is 5.56 Å². The molecule has 0 saturated carbocycles. The third kappa shape index (κ3) is 2.99. The van der Waals surface area contributed by atoms with Gasteiger partial charge in [0.05, 0.1) is 0 Å². The molecule has 0 aromatic heterocycles. The smallest absolute Gasteiger partial charge is 0.255 e. The minimum atomic E-state index is -0.129. The van der Waals surface area contributed by atoms with Gasteiger partial charge in [0.1, 0.15) is 0 Å². The van der Waals surface area contributed by atoms with Crippen LogP contribution in [0, 0.1) is 27.7 Å². The van der Waals surface area contributed by atoms with Crippen molar-refractivity contribution in [3.63, 3.8) is 0 Å². The molecule has 0 atom stereocenters. The standard InChI is InChI=1S/C17H20N2O/c1-10-5-12(3)16(13(4)6-10)19-17(20)14-7-11(2)8-15(18)9-14/h5-9H,18H2,1-4H3,(H,19,20). The highest BCUT2D eigenvalue weighted by molar-refractivity contribution is 6.05. The Labute approximate surface area is 119 Å². The topological polar surface area (TPSA) is 55.1 Å². The maximum atomic E-state index is 12.3. The van der Waals surface area contributed by atoms with Gasteiger partial charge in [-0.2, -0.15) is 0 Å². The van der Waals surface area contributed by atoms with E-state index in [2.05, 4.69) is 17.4 Å². The van der Waals surface area contributed by atoms with E-state index in [-0.39, 0.29) is 5.91 Å². The first-order valence-electron chi connectivity index (χ1n) is 6.63. The number of nitrogen functional groups attached to an aromatic ring is 1. The molecule has 2 aromatic rings. The third-order valence-electron chi connectivity index (χ3n) is 3.28. The first-order valence-corrected chi connectivity index (χ1v) is 6.63. The molecule has 0 spiro atoms. The monoisotopic (exact) mass is 268 g/mol. The zero-order chi connectivity index (χ0) is 14.9. The lowest BCUT2D eigenvalue weighted by molar-refractivity contribution is 0.102. The fourth-order valence-corrected chi connectivity index (χ4v) is 2.51. The second-order valence-corrected chi connectivity index (χ2v) is 5.36. The molecule has 0 aliphatic rings. The van der Waals surface area contributed by atoms with Gasteiger partial charge in [-0.3, -0.25) is 4.79 Å².